The Balaban J connectivity index is 1.20. The molecule has 3 saturated carbocycles. The van der Waals surface area contributed by atoms with Gasteiger partial charge in [-0.3, -0.25) is 4.79 Å². The minimum absolute atomic E-state index is 0.00383. The van der Waals surface area contributed by atoms with Gasteiger partial charge in [0.1, 0.15) is 35.6 Å². The number of fused-ring (bicyclic) bond motifs is 10. The molecule has 7 heteroatoms. The Kier molecular flexibility index (Phi) is 4.44. The molecular weight excluding hydrogens is 448 g/mol. The minimum atomic E-state index is -1.05. The van der Waals surface area contributed by atoms with Crippen molar-refractivity contribution in [3.05, 3.63) is 23.8 Å². The number of aliphatic hydroxyl groups is 2. The molecular formula is C28H38O7. The van der Waals surface area contributed by atoms with Crippen LogP contribution < -0.4 is 0 Å². The third kappa shape index (κ3) is 2.39. The second kappa shape index (κ2) is 6.79. The van der Waals surface area contributed by atoms with E-state index in [2.05, 4.69) is 26.0 Å². The number of carboxylic acids is 1. The molecule has 192 valence electrons. The fourth-order valence-corrected chi connectivity index (χ4v) is 9.60. The third-order valence-electron chi connectivity index (χ3n) is 11.9. The predicted molar refractivity (Wildman–Crippen MR) is 125 cm³/mol. The Morgan fingerprint density at radius 1 is 1.14 bits per heavy atom. The molecule has 14 atom stereocenters. The average molecular weight is 487 g/mol. The minimum Gasteiger partial charge on any atom is -0.481 e. The molecule has 0 aromatic heterocycles. The molecule has 4 aliphatic heterocycles. The number of epoxide rings is 2. The summed E-state index contributed by atoms with van der Waals surface area (Å²) >= 11 is 0. The predicted octanol–water partition coefficient (Wildman–Crippen LogP) is 2.70. The Morgan fingerprint density at radius 3 is 2.57 bits per heavy atom. The van der Waals surface area contributed by atoms with Crippen molar-refractivity contribution < 1.29 is 34.3 Å². The molecule has 7 nitrogen and oxygen atoms in total. The fourth-order valence-electron chi connectivity index (χ4n) is 9.60. The maximum absolute atomic E-state index is 12.0. The van der Waals surface area contributed by atoms with Gasteiger partial charge < -0.3 is 29.5 Å². The van der Waals surface area contributed by atoms with Crippen LogP contribution in [0, 0.1) is 40.4 Å². The van der Waals surface area contributed by atoms with Gasteiger partial charge in [-0.2, -0.15) is 0 Å². The summed E-state index contributed by atoms with van der Waals surface area (Å²) in [5.74, 6) is -0.465. The van der Waals surface area contributed by atoms with E-state index in [0.717, 1.165) is 25.7 Å². The van der Waals surface area contributed by atoms with Gasteiger partial charge in [0.05, 0.1) is 17.4 Å². The summed E-state index contributed by atoms with van der Waals surface area (Å²) in [7, 11) is 0. The van der Waals surface area contributed by atoms with Crippen LogP contribution in [0.15, 0.2) is 23.8 Å². The average Bonchev–Trinajstić information content (AvgIpc) is 3.72. The van der Waals surface area contributed by atoms with Crippen LogP contribution in [0.25, 0.3) is 0 Å². The lowest BCUT2D eigenvalue weighted by Crippen LogP contribution is -2.69. The van der Waals surface area contributed by atoms with E-state index in [1.165, 1.54) is 5.57 Å². The molecule has 6 fully saturated rings. The highest BCUT2D eigenvalue weighted by atomic mass is 16.7. The van der Waals surface area contributed by atoms with E-state index < -0.39 is 28.5 Å². The monoisotopic (exact) mass is 486 g/mol. The van der Waals surface area contributed by atoms with Gasteiger partial charge in [-0.15, -0.1) is 0 Å². The van der Waals surface area contributed by atoms with Crippen molar-refractivity contribution in [1.82, 2.24) is 0 Å². The molecule has 3 aliphatic carbocycles. The quantitative estimate of drug-likeness (QED) is 0.391. The van der Waals surface area contributed by atoms with E-state index in [-0.39, 0.29) is 60.3 Å². The Hall–Kier alpha value is -1.25. The van der Waals surface area contributed by atoms with Gasteiger partial charge in [-0.1, -0.05) is 45.9 Å². The smallest absolute Gasteiger partial charge is 0.306 e. The van der Waals surface area contributed by atoms with Crippen molar-refractivity contribution in [3.8, 4) is 0 Å². The summed E-state index contributed by atoms with van der Waals surface area (Å²) in [6.07, 6.45) is 9.51. The number of allylic oxidation sites excluding steroid dienone is 2. The number of ether oxygens (including phenoxy) is 3. The van der Waals surface area contributed by atoms with Gasteiger partial charge in [-0.05, 0) is 54.9 Å². The van der Waals surface area contributed by atoms with Gasteiger partial charge in [0.2, 0.25) is 0 Å². The molecule has 1 spiro atoms. The van der Waals surface area contributed by atoms with Crippen molar-refractivity contribution >= 4 is 5.97 Å². The fraction of sp³-hybridized carbons (Fsp3) is 0.821. The van der Waals surface area contributed by atoms with E-state index in [1.807, 2.05) is 13.0 Å². The first-order chi connectivity index (χ1) is 16.6. The van der Waals surface area contributed by atoms with Crippen LogP contribution in [0.2, 0.25) is 0 Å². The number of rotatable bonds is 6. The van der Waals surface area contributed by atoms with Crippen molar-refractivity contribution in [1.29, 1.82) is 0 Å². The number of hydrogen-bond donors (Lipinski definition) is 3. The molecule has 14 unspecified atom stereocenters. The zero-order valence-electron chi connectivity index (χ0n) is 21.0. The Bertz CT molecular complexity index is 1040. The van der Waals surface area contributed by atoms with Crippen LogP contribution in [0.5, 0.6) is 0 Å². The molecule has 3 saturated heterocycles. The van der Waals surface area contributed by atoms with Gasteiger partial charge in [0.15, 0.2) is 0 Å². The summed E-state index contributed by atoms with van der Waals surface area (Å²) in [6, 6.07) is 0. The van der Waals surface area contributed by atoms with Gasteiger partial charge in [0, 0.05) is 12.0 Å². The van der Waals surface area contributed by atoms with E-state index in [4.69, 9.17) is 14.2 Å². The summed E-state index contributed by atoms with van der Waals surface area (Å²) in [6.45, 7) is 8.22. The molecule has 7 aliphatic rings. The highest BCUT2D eigenvalue weighted by Crippen LogP contribution is 2.78. The number of hydrogen-bond acceptors (Lipinski definition) is 6. The second-order valence-corrected chi connectivity index (χ2v) is 12.9. The first-order valence-electron chi connectivity index (χ1n) is 13.5. The summed E-state index contributed by atoms with van der Waals surface area (Å²) in [5.41, 5.74) is -1.07. The van der Waals surface area contributed by atoms with Crippen molar-refractivity contribution in [2.24, 2.45) is 40.4 Å². The first kappa shape index (κ1) is 22.9. The lowest BCUT2D eigenvalue weighted by molar-refractivity contribution is -0.142. The molecule has 35 heavy (non-hydrogen) atoms. The second-order valence-electron chi connectivity index (χ2n) is 12.9. The summed E-state index contributed by atoms with van der Waals surface area (Å²) in [5, 5.41) is 32.3. The van der Waals surface area contributed by atoms with E-state index >= 15 is 0 Å². The molecule has 4 heterocycles. The lowest BCUT2D eigenvalue weighted by atomic mass is 9.45. The van der Waals surface area contributed by atoms with E-state index in [9.17, 15) is 20.1 Å². The topological polar surface area (TPSA) is 112 Å². The van der Waals surface area contributed by atoms with Crippen molar-refractivity contribution in [3.63, 3.8) is 0 Å². The number of carbonyl (C=O) groups is 1. The molecule has 0 amide bonds. The Morgan fingerprint density at radius 2 is 1.86 bits per heavy atom. The van der Waals surface area contributed by atoms with Gasteiger partial charge in [-0.25, -0.2) is 0 Å². The van der Waals surface area contributed by atoms with Crippen LogP contribution in [0.1, 0.15) is 53.4 Å². The first-order valence-corrected chi connectivity index (χ1v) is 13.5. The van der Waals surface area contributed by atoms with E-state index in [1.54, 1.807) is 6.92 Å². The molecule has 0 radical (unpaired) electrons. The number of aliphatic hydroxyl groups excluding tert-OH is 1. The lowest BCUT2D eigenvalue weighted by Gasteiger charge is -2.58. The van der Waals surface area contributed by atoms with Gasteiger partial charge in [0.25, 0.3) is 0 Å². The van der Waals surface area contributed by atoms with Crippen LogP contribution in [-0.2, 0) is 19.0 Å². The van der Waals surface area contributed by atoms with Crippen LogP contribution in [0.4, 0.5) is 0 Å². The van der Waals surface area contributed by atoms with Crippen molar-refractivity contribution in [2.75, 3.05) is 6.61 Å². The van der Waals surface area contributed by atoms with Crippen molar-refractivity contribution in [2.45, 2.75) is 95.1 Å². The molecule has 7 rings (SSSR count). The standard InChI is InChI=1S/C28H38O7/c1-13(15(3)24(30)31)5-6-14(2)16-7-8-17-18-11-19-28(32)23-21(34-23)20-22(33-20)25(28,4)27(18,35-19)10-9-26(16,17)12-29/h5-6,11,13-17,19-23,29,32H,7-10,12H2,1-4H3,(H,30,31). The third-order valence-corrected chi connectivity index (χ3v) is 11.9. The summed E-state index contributed by atoms with van der Waals surface area (Å²) in [4.78, 5) is 11.4. The zero-order chi connectivity index (χ0) is 24.7. The highest BCUT2D eigenvalue weighted by molar-refractivity contribution is 5.70. The Labute approximate surface area is 206 Å². The molecule has 3 N–H and O–H groups in total. The van der Waals surface area contributed by atoms with Crippen LogP contribution >= 0.6 is 0 Å². The number of aliphatic carboxylic acids is 1. The van der Waals surface area contributed by atoms with Crippen LogP contribution in [-0.4, -0.2) is 69.6 Å². The maximum atomic E-state index is 12.0. The molecule has 0 aromatic rings. The largest absolute Gasteiger partial charge is 0.481 e. The number of carboxylic acid groups (broad SMARTS) is 1. The maximum Gasteiger partial charge on any atom is 0.306 e. The highest BCUT2D eigenvalue weighted by Gasteiger charge is 2.91. The normalized spacial score (nSPS) is 56.9. The SMILES string of the molecule is CC(C=CC(C)C1CCC2C3=CC4OC3(CCC21CO)C1(C)C2OC2C2OC2C41O)C(C)C(=O)O. The molecule has 0 aromatic carbocycles. The zero-order valence-corrected chi connectivity index (χ0v) is 21.0. The van der Waals surface area contributed by atoms with Crippen LogP contribution in [0.3, 0.4) is 0 Å². The summed E-state index contributed by atoms with van der Waals surface area (Å²) < 4.78 is 18.8. The van der Waals surface area contributed by atoms with E-state index in [0.29, 0.717) is 5.92 Å². The molecule has 2 bridgehead atoms. The van der Waals surface area contributed by atoms with Gasteiger partial charge >= 0.3 is 5.97 Å².